The van der Waals surface area contributed by atoms with Gasteiger partial charge in [0, 0.05) is 17.3 Å². The van der Waals surface area contributed by atoms with Crippen LogP contribution in [0.2, 0.25) is 0 Å². The van der Waals surface area contributed by atoms with Gasteiger partial charge in [-0.2, -0.15) is 0 Å². The largest absolute Gasteiger partial charge is 0.462 e. The lowest BCUT2D eigenvalue weighted by molar-refractivity contribution is -0.113. The number of carbonyl (C=O) groups is 2. The molecule has 1 saturated carbocycles. The molecule has 0 unspecified atom stereocenters. The molecule has 0 aliphatic heterocycles. The summed E-state index contributed by atoms with van der Waals surface area (Å²) >= 11 is 2.89. The molecule has 0 bridgehead atoms. The number of nitrogens with zero attached hydrogens (tertiary/aromatic N) is 3. The van der Waals surface area contributed by atoms with Crippen LogP contribution in [0.15, 0.2) is 17.8 Å². The number of ether oxygens (including phenoxy) is 1. The number of hydrogen-bond donors (Lipinski definition) is 1. The molecule has 2 aliphatic carbocycles. The van der Waals surface area contributed by atoms with E-state index in [1.165, 1.54) is 47.2 Å². The summed E-state index contributed by atoms with van der Waals surface area (Å²) in [4.78, 5) is 26.7. The zero-order valence-electron chi connectivity index (χ0n) is 19.2. The number of rotatable bonds is 9. The molecule has 4 rings (SSSR count). The summed E-state index contributed by atoms with van der Waals surface area (Å²) in [6, 6.07) is 0. The quantitative estimate of drug-likeness (QED) is 0.291. The molecular weight excluding hydrogens is 456 g/mol. The molecule has 1 N–H and O–H groups in total. The maximum atomic E-state index is 12.9. The number of thiophene rings is 1. The zero-order chi connectivity index (χ0) is 23.2. The number of carbonyl (C=O) groups excluding carboxylic acids is 2. The van der Waals surface area contributed by atoms with E-state index in [0.29, 0.717) is 29.6 Å². The Bertz CT molecular complexity index is 1010. The van der Waals surface area contributed by atoms with Crippen molar-refractivity contribution in [1.82, 2.24) is 14.8 Å². The first-order valence-corrected chi connectivity index (χ1v) is 13.7. The van der Waals surface area contributed by atoms with E-state index >= 15 is 0 Å². The molecule has 2 aromatic rings. The molecule has 7 nitrogen and oxygen atoms in total. The second-order valence-corrected chi connectivity index (χ2v) is 10.6. The van der Waals surface area contributed by atoms with E-state index in [1.807, 2.05) is 6.08 Å². The first-order chi connectivity index (χ1) is 16.1. The van der Waals surface area contributed by atoms with Crippen molar-refractivity contribution in [2.24, 2.45) is 0 Å². The minimum atomic E-state index is -0.345. The van der Waals surface area contributed by atoms with Crippen LogP contribution >= 0.6 is 23.1 Å². The van der Waals surface area contributed by atoms with Crippen LogP contribution in [0.1, 0.15) is 84.4 Å². The summed E-state index contributed by atoms with van der Waals surface area (Å²) in [7, 11) is 0. The molecule has 33 heavy (non-hydrogen) atoms. The predicted molar refractivity (Wildman–Crippen MR) is 132 cm³/mol. The first kappa shape index (κ1) is 24.0. The van der Waals surface area contributed by atoms with Crippen molar-refractivity contribution in [1.29, 1.82) is 0 Å². The van der Waals surface area contributed by atoms with E-state index in [9.17, 15) is 9.59 Å². The van der Waals surface area contributed by atoms with Gasteiger partial charge in [-0.15, -0.1) is 28.1 Å². The lowest BCUT2D eigenvalue weighted by atomic mass is 9.89. The summed E-state index contributed by atoms with van der Waals surface area (Å²) in [6.45, 7) is 6.62. The van der Waals surface area contributed by atoms with Gasteiger partial charge in [0.25, 0.3) is 0 Å². The van der Waals surface area contributed by atoms with Gasteiger partial charge in [-0.3, -0.25) is 4.79 Å². The van der Waals surface area contributed by atoms with Crippen LogP contribution in [0.5, 0.6) is 0 Å². The van der Waals surface area contributed by atoms with Crippen molar-refractivity contribution in [3.05, 3.63) is 34.5 Å². The maximum Gasteiger partial charge on any atom is 0.341 e. The standard InChI is InChI=1S/C24H32N4O3S2/c1-3-14-28-21(16-10-6-5-7-11-16)26-27-24(28)32-15-19(29)25-22-20(23(30)31-4-2)17-12-8-9-13-18(17)33-22/h3,16H,1,4-15H2,2H3,(H,25,29). The van der Waals surface area contributed by atoms with Crippen LogP contribution in [0.3, 0.4) is 0 Å². The summed E-state index contributed by atoms with van der Waals surface area (Å²) < 4.78 is 7.38. The second kappa shape index (κ2) is 11.3. The maximum absolute atomic E-state index is 12.9. The highest BCUT2D eigenvalue weighted by Gasteiger charge is 2.28. The summed E-state index contributed by atoms with van der Waals surface area (Å²) in [5.74, 6) is 1.14. The highest BCUT2D eigenvalue weighted by molar-refractivity contribution is 7.99. The van der Waals surface area contributed by atoms with Crippen LogP contribution in [-0.4, -0.2) is 39.0 Å². The number of thioether (sulfide) groups is 1. The van der Waals surface area contributed by atoms with Crippen molar-refractivity contribution in [3.63, 3.8) is 0 Å². The van der Waals surface area contributed by atoms with Gasteiger partial charge in [0.1, 0.15) is 10.8 Å². The van der Waals surface area contributed by atoms with Gasteiger partial charge < -0.3 is 14.6 Å². The molecule has 0 radical (unpaired) electrons. The lowest BCUT2D eigenvalue weighted by Gasteiger charge is -2.21. The number of nitrogens with one attached hydrogen (secondary N) is 1. The number of allylic oxidation sites excluding steroid dienone is 1. The molecule has 0 spiro atoms. The van der Waals surface area contributed by atoms with Crippen molar-refractivity contribution in [2.75, 3.05) is 17.7 Å². The molecule has 2 aliphatic rings. The Balaban J connectivity index is 1.46. The summed E-state index contributed by atoms with van der Waals surface area (Å²) in [5, 5.41) is 13.2. The Morgan fingerprint density at radius 3 is 2.76 bits per heavy atom. The number of fused-ring (bicyclic) bond motifs is 1. The fraction of sp³-hybridized carbons (Fsp3) is 0.583. The zero-order valence-corrected chi connectivity index (χ0v) is 20.9. The molecule has 1 amide bonds. The van der Waals surface area contributed by atoms with Gasteiger partial charge in [-0.25, -0.2) is 4.79 Å². The molecular formula is C24H32N4O3S2. The van der Waals surface area contributed by atoms with Gasteiger partial charge >= 0.3 is 5.97 Å². The van der Waals surface area contributed by atoms with E-state index in [0.717, 1.165) is 55.1 Å². The van der Waals surface area contributed by atoms with Crippen LogP contribution in [-0.2, 0) is 28.9 Å². The fourth-order valence-corrected chi connectivity index (χ4v) is 6.78. The lowest BCUT2D eigenvalue weighted by Crippen LogP contribution is -2.17. The Morgan fingerprint density at radius 2 is 2.00 bits per heavy atom. The smallest absolute Gasteiger partial charge is 0.341 e. The second-order valence-electron chi connectivity index (χ2n) is 8.55. The SMILES string of the molecule is C=CCn1c(SCC(=O)Nc2sc3c(c2C(=O)OCC)CCCC3)nnc1C1CCCCC1. The molecule has 0 aromatic carbocycles. The number of hydrogen-bond acceptors (Lipinski definition) is 7. The van der Waals surface area contributed by atoms with Crippen molar-refractivity contribution in [3.8, 4) is 0 Å². The monoisotopic (exact) mass is 488 g/mol. The number of aryl methyl sites for hydroxylation is 1. The third-order valence-corrected chi connectivity index (χ3v) is 8.44. The minimum Gasteiger partial charge on any atom is -0.462 e. The summed E-state index contributed by atoms with van der Waals surface area (Å²) in [6.07, 6.45) is 11.8. The van der Waals surface area contributed by atoms with Crippen LogP contribution in [0, 0.1) is 0 Å². The number of esters is 1. The van der Waals surface area contributed by atoms with E-state index in [4.69, 9.17) is 4.74 Å². The van der Waals surface area contributed by atoms with Gasteiger partial charge in [0.05, 0.1) is 17.9 Å². The van der Waals surface area contributed by atoms with Gasteiger partial charge in [0.15, 0.2) is 5.16 Å². The van der Waals surface area contributed by atoms with Crippen molar-refractivity contribution >= 4 is 40.0 Å². The van der Waals surface area contributed by atoms with E-state index in [2.05, 4.69) is 26.7 Å². The number of aromatic nitrogens is 3. The molecule has 1 fully saturated rings. The Hall–Kier alpha value is -2.13. The first-order valence-electron chi connectivity index (χ1n) is 11.9. The summed E-state index contributed by atoms with van der Waals surface area (Å²) in [5.41, 5.74) is 1.60. The Kier molecular flexibility index (Phi) is 8.25. The number of amides is 1. The van der Waals surface area contributed by atoms with E-state index in [-0.39, 0.29) is 17.6 Å². The molecule has 9 heteroatoms. The van der Waals surface area contributed by atoms with Crippen LogP contribution in [0.25, 0.3) is 0 Å². The highest BCUT2D eigenvalue weighted by atomic mass is 32.2. The third kappa shape index (κ3) is 5.51. The van der Waals surface area contributed by atoms with Gasteiger partial charge in [-0.1, -0.05) is 37.1 Å². The minimum absolute atomic E-state index is 0.156. The topological polar surface area (TPSA) is 86.1 Å². The van der Waals surface area contributed by atoms with Crippen LogP contribution < -0.4 is 5.32 Å². The number of anilines is 1. The molecule has 2 heterocycles. The molecule has 0 atom stereocenters. The average Bonchev–Trinajstić information content (AvgIpc) is 3.39. The molecule has 178 valence electrons. The molecule has 0 saturated heterocycles. The van der Waals surface area contributed by atoms with Gasteiger partial charge in [-0.05, 0) is 51.0 Å². The van der Waals surface area contributed by atoms with Crippen molar-refractivity contribution < 1.29 is 14.3 Å². The highest BCUT2D eigenvalue weighted by Crippen LogP contribution is 2.39. The fourth-order valence-electron chi connectivity index (χ4n) is 4.74. The average molecular weight is 489 g/mol. The van der Waals surface area contributed by atoms with E-state index < -0.39 is 0 Å². The van der Waals surface area contributed by atoms with Crippen LogP contribution in [0.4, 0.5) is 5.00 Å². The van der Waals surface area contributed by atoms with Gasteiger partial charge in [0.2, 0.25) is 5.91 Å². The molecule has 2 aromatic heterocycles. The third-order valence-electron chi connectivity index (χ3n) is 6.26. The Morgan fingerprint density at radius 1 is 1.21 bits per heavy atom. The van der Waals surface area contributed by atoms with Crippen molar-refractivity contribution in [2.45, 2.75) is 82.3 Å². The normalized spacial score (nSPS) is 16.3. The Labute approximate surface area is 203 Å². The predicted octanol–water partition coefficient (Wildman–Crippen LogP) is 5.36. The van der Waals surface area contributed by atoms with E-state index in [1.54, 1.807) is 6.92 Å².